The Morgan fingerprint density at radius 2 is 2.42 bits per heavy atom. The molecule has 5 heteroatoms. The third kappa shape index (κ3) is 2.12. The number of hydrogen-bond acceptors (Lipinski definition) is 4. The summed E-state index contributed by atoms with van der Waals surface area (Å²) >= 11 is 0. The van der Waals surface area contributed by atoms with Crippen LogP contribution in [0.25, 0.3) is 0 Å². The second-order valence-corrected chi connectivity index (χ2v) is 1.97. The highest BCUT2D eigenvalue weighted by atomic mass is 16.5. The second kappa shape index (κ2) is 3.56. The van der Waals surface area contributed by atoms with Crippen LogP contribution in [0.15, 0.2) is 27.8 Å². The molecule has 0 aromatic carbocycles. The zero-order valence-corrected chi connectivity index (χ0v) is 6.02. The topological polar surface area (TPSA) is 76.7 Å². The van der Waals surface area contributed by atoms with Gasteiger partial charge in [0.2, 0.25) is 11.2 Å². The highest BCUT2D eigenvalue weighted by Crippen LogP contribution is 2.00. The lowest BCUT2D eigenvalue weighted by atomic mass is 10.5. The zero-order valence-electron chi connectivity index (χ0n) is 6.02. The molecule has 0 saturated carbocycles. The first-order valence-corrected chi connectivity index (χ1v) is 3.11. The number of aliphatic carboxylic acids is 1. The van der Waals surface area contributed by atoms with Gasteiger partial charge in [0.05, 0.1) is 6.26 Å². The highest BCUT2D eigenvalue weighted by Gasteiger charge is 2.02. The molecule has 0 aliphatic rings. The Kier molecular flexibility index (Phi) is 2.47. The summed E-state index contributed by atoms with van der Waals surface area (Å²) in [5, 5.41) is 8.21. The first-order chi connectivity index (χ1) is 5.70. The van der Waals surface area contributed by atoms with Crippen molar-refractivity contribution in [3.05, 3.63) is 28.8 Å². The average molecular weight is 170 g/mol. The molecule has 0 saturated heterocycles. The predicted molar refractivity (Wildman–Crippen MR) is 38.1 cm³/mol. The minimum Gasteiger partial charge on any atom is -0.479 e. The van der Waals surface area contributed by atoms with Crippen molar-refractivity contribution in [1.29, 1.82) is 0 Å². The highest BCUT2D eigenvalue weighted by molar-refractivity contribution is 5.68. The molecule has 64 valence electrons. The Labute approximate surface area is 67.2 Å². The van der Waals surface area contributed by atoms with E-state index in [1.165, 1.54) is 6.26 Å². The number of hydrogen-bond donors (Lipinski definition) is 1. The van der Waals surface area contributed by atoms with Gasteiger partial charge in [-0.05, 0) is 0 Å². The largest absolute Gasteiger partial charge is 0.479 e. The summed E-state index contributed by atoms with van der Waals surface area (Å²) in [6.45, 7) is -0.547. The van der Waals surface area contributed by atoms with E-state index >= 15 is 0 Å². The van der Waals surface area contributed by atoms with E-state index in [1.807, 2.05) is 0 Å². The molecule has 1 aromatic rings. The van der Waals surface area contributed by atoms with Crippen LogP contribution in [-0.4, -0.2) is 17.7 Å². The van der Waals surface area contributed by atoms with Crippen LogP contribution in [0.1, 0.15) is 0 Å². The van der Waals surface area contributed by atoms with E-state index in [0.717, 1.165) is 12.3 Å². The maximum absolute atomic E-state index is 10.9. The van der Waals surface area contributed by atoms with Gasteiger partial charge in [-0.2, -0.15) is 0 Å². The van der Waals surface area contributed by atoms with Crippen LogP contribution in [-0.2, 0) is 4.79 Å². The van der Waals surface area contributed by atoms with E-state index in [0.29, 0.717) is 0 Å². The molecule has 12 heavy (non-hydrogen) atoms. The third-order valence-corrected chi connectivity index (χ3v) is 1.07. The molecule has 0 aliphatic carbocycles. The summed E-state index contributed by atoms with van der Waals surface area (Å²) in [7, 11) is 0. The maximum atomic E-state index is 10.9. The molecule has 0 spiro atoms. The summed E-state index contributed by atoms with van der Waals surface area (Å²) in [6.07, 6.45) is 2.25. The Bertz CT molecular complexity index is 327. The second-order valence-electron chi connectivity index (χ2n) is 1.97. The number of ether oxygens (including phenoxy) is 1. The van der Waals surface area contributed by atoms with Crippen LogP contribution in [0.4, 0.5) is 0 Å². The molecule has 1 aromatic heterocycles. The molecule has 0 unspecified atom stereocenters. The standard InChI is InChI=1S/C7H6O5/c8-5-1-2-11-3-6(5)12-4-7(9)10/h1-3H,4H2,(H,9,10). The van der Waals surface area contributed by atoms with Crippen molar-refractivity contribution in [3.63, 3.8) is 0 Å². The molecule has 0 bridgehead atoms. The van der Waals surface area contributed by atoms with E-state index in [-0.39, 0.29) is 5.75 Å². The molecule has 1 rings (SSSR count). The van der Waals surface area contributed by atoms with E-state index < -0.39 is 18.0 Å². The van der Waals surface area contributed by atoms with Gasteiger partial charge in [-0.3, -0.25) is 4.79 Å². The first-order valence-electron chi connectivity index (χ1n) is 3.11. The molecule has 5 nitrogen and oxygen atoms in total. The molecule has 0 radical (unpaired) electrons. The van der Waals surface area contributed by atoms with Crippen molar-refractivity contribution in [2.24, 2.45) is 0 Å². The van der Waals surface area contributed by atoms with E-state index in [2.05, 4.69) is 9.15 Å². The van der Waals surface area contributed by atoms with Crippen LogP contribution >= 0.6 is 0 Å². The fourth-order valence-electron chi connectivity index (χ4n) is 0.587. The van der Waals surface area contributed by atoms with Crippen LogP contribution in [0, 0.1) is 0 Å². The number of carbonyl (C=O) groups is 1. The van der Waals surface area contributed by atoms with Crippen molar-refractivity contribution in [3.8, 4) is 5.75 Å². The van der Waals surface area contributed by atoms with E-state index in [9.17, 15) is 9.59 Å². The van der Waals surface area contributed by atoms with Crippen LogP contribution < -0.4 is 10.2 Å². The Morgan fingerprint density at radius 3 is 3.00 bits per heavy atom. The molecule has 0 fully saturated rings. The van der Waals surface area contributed by atoms with Gasteiger partial charge < -0.3 is 14.3 Å². The Morgan fingerprint density at radius 1 is 1.67 bits per heavy atom. The van der Waals surface area contributed by atoms with E-state index in [4.69, 9.17) is 5.11 Å². The molecule has 1 N–H and O–H groups in total. The normalized spacial score (nSPS) is 9.33. The van der Waals surface area contributed by atoms with Gasteiger partial charge in [0.1, 0.15) is 6.26 Å². The van der Waals surface area contributed by atoms with Gasteiger partial charge in [-0.15, -0.1) is 0 Å². The van der Waals surface area contributed by atoms with Gasteiger partial charge in [0.15, 0.2) is 6.61 Å². The smallest absolute Gasteiger partial charge is 0.341 e. The first kappa shape index (κ1) is 8.32. The minimum absolute atomic E-state index is 0.0973. The Hall–Kier alpha value is -1.78. The fraction of sp³-hybridized carbons (Fsp3) is 0.143. The molecule has 1 heterocycles. The zero-order chi connectivity index (χ0) is 8.97. The maximum Gasteiger partial charge on any atom is 0.341 e. The van der Waals surface area contributed by atoms with Crippen LogP contribution in [0.5, 0.6) is 5.75 Å². The van der Waals surface area contributed by atoms with Crippen LogP contribution in [0.3, 0.4) is 0 Å². The number of rotatable bonds is 3. The summed E-state index contributed by atoms with van der Waals surface area (Å²) in [6, 6.07) is 1.15. The Balaban J connectivity index is 2.70. The molecular formula is C7H6O5. The minimum atomic E-state index is -1.14. The summed E-state index contributed by atoms with van der Waals surface area (Å²) in [5.41, 5.74) is -0.400. The molecule has 0 amide bonds. The summed E-state index contributed by atoms with van der Waals surface area (Å²) < 4.78 is 9.20. The number of carboxylic acids is 1. The molecular weight excluding hydrogens is 164 g/mol. The monoisotopic (exact) mass is 170 g/mol. The fourth-order valence-corrected chi connectivity index (χ4v) is 0.587. The average Bonchev–Trinajstić information content (AvgIpc) is 2.03. The lowest BCUT2D eigenvalue weighted by Gasteiger charge is -1.98. The quantitative estimate of drug-likeness (QED) is 0.696. The SMILES string of the molecule is O=C(O)COc1coccc1=O. The molecule has 0 atom stereocenters. The lowest BCUT2D eigenvalue weighted by Crippen LogP contribution is -2.13. The van der Waals surface area contributed by atoms with Crippen molar-refractivity contribution in [2.45, 2.75) is 0 Å². The van der Waals surface area contributed by atoms with Gasteiger partial charge in [0.25, 0.3) is 0 Å². The van der Waals surface area contributed by atoms with Crippen molar-refractivity contribution >= 4 is 5.97 Å². The van der Waals surface area contributed by atoms with Crippen molar-refractivity contribution in [1.82, 2.24) is 0 Å². The third-order valence-electron chi connectivity index (χ3n) is 1.07. The molecule has 0 aliphatic heterocycles. The van der Waals surface area contributed by atoms with Crippen molar-refractivity contribution in [2.75, 3.05) is 6.61 Å². The van der Waals surface area contributed by atoms with Gasteiger partial charge in [-0.25, -0.2) is 4.79 Å². The van der Waals surface area contributed by atoms with E-state index in [1.54, 1.807) is 0 Å². The predicted octanol–water partition coefficient (Wildman–Crippen LogP) is 0.103. The van der Waals surface area contributed by atoms with Crippen molar-refractivity contribution < 1.29 is 19.1 Å². The van der Waals surface area contributed by atoms with Gasteiger partial charge >= 0.3 is 5.97 Å². The van der Waals surface area contributed by atoms with Gasteiger partial charge in [-0.1, -0.05) is 0 Å². The summed E-state index contributed by atoms with van der Waals surface area (Å²) in [5.74, 6) is -1.24. The van der Waals surface area contributed by atoms with Gasteiger partial charge in [0, 0.05) is 6.07 Å². The number of carboxylic acid groups (broad SMARTS) is 1. The van der Waals surface area contributed by atoms with Crippen LogP contribution in [0.2, 0.25) is 0 Å². The summed E-state index contributed by atoms with van der Waals surface area (Å²) in [4.78, 5) is 20.9. The lowest BCUT2D eigenvalue weighted by molar-refractivity contribution is -0.139.